The lowest BCUT2D eigenvalue weighted by Crippen LogP contribution is -2.22. The Balaban J connectivity index is 0.000000183. The van der Waals surface area contributed by atoms with Crippen LogP contribution in [0.2, 0.25) is 25.7 Å². The predicted molar refractivity (Wildman–Crippen MR) is 231 cm³/mol. The quantitative estimate of drug-likeness (QED) is 0.0743. The summed E-state index contributed by atoms with van der Waals surface area (Å²) in [7, 11) is -1.12. The van der Waals surface area contributed by atoms with Crippen molar-refractivity contribution in [3.63, 3.8) is 0 Å². The molecule has 296 valence electrons. The van der Waals surface area contributed by atoms with E-state index in [0.717, 1.165) is 68.4 Å². The molecular formula is C42H48N14OSi. The molecule has 16 heteroatoms. The molecule has 0 saturated heterocycles. The Hall–Kier alpha value is -6.52. The van der Waals surface area contributed by atoms with E-state index >= 15 is 0 Å². The van der Waals surface area contributed by atoms with Crippen LogP contribution in [0.1, 0.15) is 50.7 Å². The second-order valence-corrected chi connectivity index (χ2v) is 21.4. The van der Waals surface area contributed by atoms with E-state index in [2.05, 4.69) is 109 Å². The summed E-state index contributed by atoms with van der Waals surface area (Å²) in [5, 5.41) is 34.3. The number of rotatable bonds is 13. The third kappa shape index (κ3) is 10.3. The SMILES string of the molecule is CC(C)c1cnnc(Nc2ccc3ncc(-c4ccn[nH]4)cc3n2)c1.CC(C)c1cnnc(Nc2ccc3ncc(-c4ccnn4COCC[Si](C)(C)C)cc3n2)c1. The van der Waals surface area contributed by atoms with E-state index < -0.39 is 8.07 Å². The molecule has 0 spiro atoms. The third-order valence-corrected chi connectivity index (χ3v) is 11.0. The van der Waals surface area contributed by atoms with Gasteiger partial charge in [0.25, 0.3) is 0 Å². The molecular weight excluding hydrogens is 745 g/mol. The van der Waals surface area contributed by atoms with Gasteiger partial charge < -0.3 is 15.4 Å². The maximum absolute atomic E-state index is 5.89. The number of aromatic nitrogens is 12. The molecule has 8 heterocycles. The number of aromatic amines is 1. The van der Waals surface area contributed by atoms with E-state index in [9.17, 15) is 0 Å². The van der Waals surface area contributed by atoms with Gasteiger partial charge in [0.2, 0.25) is 0 Å². The van der Waals surface area contributed by atoms with Crippen LogP contribution in [0.5, 0.6) is 0 Å². The van der Waals surface area contributed by atoms with Crippen LogP contribution in [-0.2, 0) is 11.5 Å². The highest BCUT2D eigenvalue weighted by Crippen LogP contribution is 2.26. The Morgan fingerprint density at radius 2 is 1.24 bits per heavy atom. The van der Waals surface area contributed by atoms with E-state index in [1.807, 2.05) is 77.7 Å². The zero-order chi connectivity index (χ0) is 40.6. The Labute approximate surface area is 338 Å². The minimum Gasteiger partial charge on any atom is -0.360 e. The smallest absolute Gasteiger partial charge is 0.154 e. The summed E-state index contributed by atoms with van der Waals surface area (Å²) < 4.78 is 7.76. The number of hydrogen-bond donors (Lipinski definition) is 3. The zero-order valence-corrected chi connectivity index (χ0v) is 34.8. The summed E-state index contributed by atoms with van der Waals surface area (Å²) in [5.74, 6) is 3.51. The number of anilines is 4. The van der Waals surface area contributed by atoms with Crippen LogP contribution in [0.15, 0.2) is 97.8 Å². The van der Waals surface area contributed by atoms with Crippen molar-refractivity contribution in [3.8, 4) is 22.5 Å². The lowest BCUT2D eigenvalue weighted by molar-refractivity contribution is 0.0798. The standard InChI is InChI=1S/C24H31N7OSi.C18H17N7/c1-17(2)18-13-24(30-26-15-18)29-23-7-6-20-21(28-23)12-19(14-25-20)22-8-9-27-31(22)16-32-10-11-33(3,4)5;1-11(2)12-8-18(25-21-10-12)23-17-4-3-15-16(22-17)7-13(9-19-15)14-5-6-20-24-14/h6-9,12-15,17H,10-11,16H2,1-5H3,(H,28,29,30);3-11H,1-2H3,(H,20,24)(H,22,23,25). The molecule has 8 rings (SSSR count). The van der Waals surface area contributed by atoms with Crippen molar-refractivity contribution in [1.29, 1.82) is 0 Å². The highest BCUT2D eigenvalue weighted by atomic mass is 28.3. The molecule has 15 nitrogen and oxygen atoms in total. The average Bonchev–Trinajstić information content (AvgIpc) is 3.93. The van der Waals surface area contributed by atoms with Crippen LogP contribution in [0.3, 0.4) is 0 Å². The van der Waals surface area contributed by atoms with Gasteiger partial charge in [0.1, 0.15) is 18.4 Å². The number of ether oxygens (including phenoxy) is 1. The fraction of sp³-hybridized carbons (Fsp3) is 0.286. The first-order valence-corrected chi connectivity index (χ1v) is 23.0. The fourth-order valence-corrected chi connectivity index (χ4v) is 6.60. The van der Waals surface area contributed by atoms with Crippen LogP contribution in [0, 0.1) is 0 Å². The van der Waals surface area contributed by atoms with Gasteiger partial charge in [-0.1, -0.05) is 47.3 Å². The van der Waals surface area contributed by atoms with Gasteiger partial charge in [-0.25, -0.2) is 14.6 Å². The van der Waals surface area contributed by atoms with Gasteiger partial charge in [-0.05, 0) is 89.7 Å². The molecule has 3 N–H and O–H groups in total. The maximum Gasteiger partial charge on any atom is 0.154 e. The minimum absolute atomic E-state index is 0.377. The molecule has 0 aliphatic rings. The Morgan fingerprint density at radius 3 is 1.79 bits per heavy atom. The lowest BCUT2D eigenvalue weighted by Gasteiger charge is -2.16. The Kier molecular flexibility index (Phi) is 12.1. The minimum atomic E-state index is -1.12. The molecule has 0 bridgehead atoms. The van der Waals surface area contributed by atoms with Crippen molar-refractivity contribution >= 4 is 53.4 Å². The number of nitrogens with zero attached hydrogens (tertiary/aromatic N) is 11. The van der Waals surface area contributed by atoms with E-state index in [1.54, 1.807) is 24.8 Å². The zero-order valence-electron chi connectivity index (χ0n) is 33.8. The highest BCUT2D eigenvalue weighted by molar-refractivity contribution is 6.76. The van der Waals surface area contributed by atoms with E-state index in [0.29, 0.717) is 41.8 Å². The van der Waals surface area contributed by atoms with Crippen molar-refractivity contribution in [2.24, 2.45) is 0 Å². The number of pyridine rings is 4. The molecule has 58 heavy (non-hydrogen) atoms. The van der Waals surface area contributed by atoms with Crippen molar-refractivity contribution in [1.82, 2.24) is 60.3 Å². The van der Waals surface area contributed by atoms with Gasteiger partial charge in [0.15, 0.2) is 11.6 Å². The van der Waals surface area contributed by atoms with Crippen molar-refractivity contribution in [2.45, 2.75) is 71.9 Å². The second kappa shape index (κ2) is 17.7. The maximum atomic E-state index is 5.89. The molecule has 0 aliphatic carbocycles. The highest BCUT2D eigenvalue weighted by Gasteiger charge is 2.14. The van der Waals surface area contributed by atoms with Crippen molar-refractivity contribution < 1.29 is 4.74 Å². The van der Waals surface area contributed by atoms with E-state index in [4.69, 9.17) is 9.72 Å². The average molecular weight is 793 g/mol. The summed E-state index contributed by atoms with van der Waals surface area (Å²) >= 11 is 0. The van der Waals surface area contributed by atoms with Crippen molar-refractivity contribution in [2.75, 3.05) is 17.2 Å². The number of nitrogens with one attached hydrogen (secondary N) is 3. The molecule has 0 atom stereocenters. The van der Waals surface area contributed by atoms with Gasteiger partial charge in [-0.2, -0.15) is 20.4 Å². The first-order valence-electron chi connectivity index (χ1n) is 19.3. The normalized spacial score (nSPS) is 11.6. The Bertz CT molecular complexity index is 2600. The van der Waals surface area contributed by atoms with Crippen molar-refractivity contribution in [3.05, 3.63) is 109 Å². The molecule has 0 radical (unpaired) electrons. The summed E-state index contributed by atoms with van der Waals surface area (Å²) in [6, 6.07) is 20.7. The number of hydrogen-bond acceptors (Lipinski definition) is 13. The van der Waals surface area contributed by atoms with Gasteiger partial charge in [0, 0.05) is 50.6 Å². The molecule has 0 aromatic carbocycles. The molecule has 0 unspecified atom stereocenters. The van der Waals surface area contributed by atoms with Gasteiger partial charge in [0.05, 0.1) is 45.8 Å². The van der Waals surface area contributed by atoms with Crippen LogP contribution in [0.4, 0.5) is 23.3 Å². The number of H-pyrrole nitrogens is 1. The fourth-order valence-electron chi connectivity index (χ4n) is 5.85. The monoisotopic (exact) mass is 792 g/mol. The topological polar surface area (TPSA) is 183 Å². The van der Waals surface area contributed by atoms with E-state index in [-0.39, 0.29) is 0 Å². The molecule has 0 fully saturated rings. The van der Waals surface area contributed by atoms with Crippen LogP contribution >= 0.6 is 0 Å². The summed E-state index contributed by atoms with van der Waals surface area (Å²) in [4.78, 5) is 18.4. The first-order chi connectivity index (χ1) is 28.0. The lowest BCUT2D eigenvalue weighted by atomic mass is 10.1. The third-order valence-electron chi connectivity index (χ3n) is 9.31. The van der Waals surface area contributed by atoms with Crippen LogP contribution in [0.25, 0.3) is 44.6 Å². The van der Waals surface area contributed by atoms with Gasteiger partial charge in [-0.15, -0.1) is 10.2 Å². The predicted octanol–water partition coefficient (Wildman–Crippen LogP) is 9.14. The molecule has 0 amide bonds. The largest absolute Gasteiger partial charge is 0.360 e. The van der Waals surface area contributed by atoms with Crippen LogP contribution in [-0.4, -0.2) is 75.0 Å². The number of fused-ring (bicyclic) bond motifs is 2. The first kappa shape index (κ1) is 39.7. The molecule has 8 aromatic heterocycles. The molecule has 8 aromatic rings. The van der Waals surface area contributed by atoms with Crippen LogP contribution < -0.4 is 10.6 Å². The second-order valence-electron chi connectivity index (χ2n) is 15.8. The summed E-state index contributed by atoms with van der Waals surface area (Å²) in [6.45, 7) is 16.7. The molecule has 0 aliphatic heterocycles. The summed E-state index contributed by atoms with van der Waals surface area (Å²) in [6.07, 6.45) is 10.7. The summed E-state index contributed by atoms with van der Waals surface area (Å²) in [5.41, 5.74) is 9.23. The van der Waals surface area contributed by atoms with Gasteiger partial charge >= 0.3 is 0 Å². The molecule has 0 saturated carbocycles. The van der Waals surface area contributed by atoms with E-state index in [1.165, 1.54) is 0 Å². The Morgan fingerprint density at radius 1 is 0.655 bits per heavy atom. The van der Waals surface area contributed by atoms with Gasteiger partial charge in [-0.3, -0.25) is 15.1 Å².